The number of carbonyl (C=O) groups excluding carboxylic acids is 1. The number of aryl methyl sites for hydroxylation is 1. The lowest BCUT2D eigenvalue weighted by molar-refractivity contribution is 0.0342. The molecule has 0 bridgehead atoms. The van der Waals surface area contributed by atoms with E-state index < -0.39 is 0 Å². The Morgan fingerprint density at radius 3 is 3.14 bits per heavy atom. The molecule has 1 saturated heterocycles. The second-order valence-electron chi connectivity index (χ2n) is 5.87. The molecule has 0 aromatic carbocycles. The number of hydrogen-bond acceptors (Lipinski definition) is 3. The van der Waals surface area contributed by atoms with Gasteiger partial charge in [0.25, 0.3) is 0 Å². The number of urea groups is 1. The predicted octanol–water partition coefficient (Wildman–Crippen LogP) is 2.33. The summed E-state index contributed by atoms with van der Waals surface area (Å²) in [6, 6.07) is 1.71. The number of fused-ring (bicyclic) bond motifs is 1. The SMILES string of the molecule is Cc1cc(NC(=O)NC2(C)CCCOC2)cn2ccnc12. The van der Waals surface area contributed by atoms with Gasteiger partial charge in [-0.05, 0) is 38.3 Å². The van der Waals surface area contributed by atoms with Gasteiger partial charge < -0.3 is 19.8 Å². The van der Waals surface area contributed by atoms with E-state index >= 15 is 0 Å². The number of rotatable bonds is 2. The van der Waals surface area contributed by atoms with Gasteiger partial charge in [-0.1, -0.05) is 0 Å². The molecular weight excluding hydrogens is 268 g/mol. The summed E-state index contributed by atoms with van der Waals surface area (Å²) < 4.78 is 7.35. The third-order valence-electron chi connectivity index (χ3n) is 3.78. The van der Waals surface area contributed by atoms with Crippen LogP contribution in [0.25, 0.3) is 5.65 Å². The van der Waals surface area contributed by atoms with Crippen LogP contribution in [0.2, 0.25) is 0 Å². The summed E-state index contributed by atoms with van der Waals surface area (Å²) in [5.41, 5.74) is 2.37. The van der Waals surface area contributed by atoms with Crippen LogP contribution in [0.1, 0.15) is 25.3 Å². The van der Waals surface area contributed by atoms with E-state index in [9.17, 15) is 4.79 Å². The summed E-state index contributed by atoms with van der Waals surface area (Å²) in [5, 5.41) is 5.89. The molecule has 0 aliphatic carbocycles. The van der Waals surface area contributed by atoms with Crippen LogP contribution in [0.15, 0.2) is 24.7 Å². The summed E-state index contributed by atoms with van der Waals surface area (Å²) in [5.74, 6) is 0. The van der Waals surface area contributed by atoms with Crippen LogP contribution < -0.4 is 10.6 Å². The molecule has 0 spiro atoms. The lowest BCUT2D eigenvalue weighted by atomic mass is 9.95. The molecule has 1 aliphatic heterocycles. The van der Waals surface area contributed by atoms with E-state index in [0.29, 0.717) is 6.61 Å². The van der Waals surface area contributed by atoms with Gasteiger partial charge >= 0.3 is 6.03 Å². The third-order valence-corrected chi connectivity index (χ3v) is 3.78. The van der Waals surface area contributed by atoms with E-state index in [1.54, 1.807) is 6.20 Å². The van der Waals surface area contributed by atoms with E-state index in [4.69, 9.17) is 4.74 Å². The van der Waals surface area contributed by atoms with Crippen LogP contribution in [-0.2, 0) is 4.74 Å². The number of hydrogen-bond donors (Lipinski definition) is 2. The Kier molecular flexibility index (Phi) is 3.55. The molecule has 2 N–H and O–H groups in total. The van der Waals surface area contributed by atoms with Crippen molar-refractivity contribution < 1.29 is 9.53 Å². The molecule has 3 rings (SSSR count). The Hall–Kier alpha value is -2.08. The predicted molar refractivity (Wildman–Crippen MR) is 80.5 cm³/mol. The van der Waals surface area contributed by atoms with Gasteiger partial charge in [0.15, 0.2) is 0 Å². The number of nitrogens with zero attached hydrogens (tertiary/aromatic N) is 2. The maximum Gasteiger partial charge on any atom is 0.319 e. The molecular formula is C15H20N4O2. The number of nitrogens with one attached hydrogen (secondary N) is 2. The monoisotopic (exact) mass is 288 g/mol. The normalized spacial score (nSPS) is 22.2. The van der Waals surface area contributed by atoms with Crippen LogP contribution in [0.4, 0.5) is 10.5 Å². The first-order valence-electron chi connectivity index (χ1n) is 7.16. The van der Waals surface area contributed by atoms with Gasteiger partial charge in [-0.15, -0.1) is 0 Å². The molecule has 21 heavy (non-hydrogen) atoms. The molecule has 0 saturated carbocycles. The van der Waals surface area contributed by atoms with Crippen LogP contribution >= 0.6 is 0 Å². The largest absolute Gasteiger partial charge is 0.379 e. The van der Waals surface area contributed by atoms with Crippen molar-refractivity contribution in [1.29, 1.82) is 0 Å². The topological polar surface area (TPSA) is 67.7 Å². The molecule has 1 unspecified atom stereocenters. The maximum absolute atomic E-state index is 12.2. The lowest BCUT2D eigenvalue weighted by Crippen LogP contribution is -2.52. The average molecular weight is 288 g/mol. The molecule has 1 atom stereocenters. The first kappa shape index (κ1) is 13.9. The quantitative estimate of drug-likeness (QED) is 0.891. The van der Waals surface area contributed by atoms with E-state index in [0.717, 1.165) is 36.3 Å². The van der Waals surface area contributed by atoms with Crippen molar-refractivity contribution >= 4 is 17.4 Å². The summed E-state index contributed by atoms with van der Waals surface area (Å²) in [6.45, 7) is 5.31. The standard InChI is InChI=1S/C15H20N4O2/c1-11-8-12(9-19-6-5-16-13(11)19)17-14(20)18-15(2)4-3-7-21-10-15/h5-6,8-9H,3-4,7,10H2,1-2H3,(H2,17,18,20). The van der Waals surface area contributed by atoms with Crippen molar-refractivity contribution in [2.45, 2.75) is 32.2 Å². The molecule has 2 aromatic rings. The summed E-state index contributed by atoms with van der Waals surface area (Å²) >= 11 is 0. The molecule has 1 fully saturated rings. The van der Waals surface area contributed by atoms with Gasteiger partial charge in [-0.2, -0.15) is 0 Å². The highest BCUT2D eigenvalue weighted by atomic mass is 16.5. The van der Waals surface area contributed by atoms with Crippen molar-refractivity contribution in [3.63, 3.8) is 0 Å². The van der Waals surface area contributed by atoms with Gasteiger partial charge in [0.2, 0.25) is 0 Å². The molecule has 0 radical (unpaired) electrons. The number of carbonyl (C=O) groups is 1. The Bertz CT molecular complexity index is 659. The van der Waals surface area contributed by atoms with Crippen LogP contribution in [0, 0.1) is 6.92 Å². The summed E-state index contributed by atoms with van der Waals surface area (Å²) in [7, 11) is 0. The van der Waals surface area contributed by atoms with E-state index in [1.165, 1.54) is 0 Å². The molecule has 1 aliphatic rings. The lowest BCUT2D eigenvalue weighted by Gasteiger charge is -2.34. The van der Waals surface area contributed by atoms with Gasteiger partial charge in [0.05, 0.1) is 17.8 Å². The van der Waals surface area contributed by atoms with Crippen molar-refractivity contribution in [3.8, 4) is 0 Å². The smallest absolute Gasteiger partial charge is 0.319 e. The first-order chi connectivity index (χ1) is 10.1. The van der Waals surface area contributed by atoms with Gasteiger partial charge in [0.1, 0.15) is 5.65 Å². The average Bonchev–Trinajstić information content (AvgIpc) is 2.87. The highest BCUT2D eigenvalue weighted by Crippen LogP contribution is 2.19. The summed E-state index contributed by atoms with van der Waals surface area (Å²) in [6.07, 6.45) is 7.36. The van der Waals surface area contributed by atoms with E-state index in [1.807, 2.05) is 36.7 Å². The van der Waals surface area contributed by atoms with Crippen LogP contribution in [0.3, 0.4) is 0 Å². The number of ether oxygens (including phenoxy) is 1. The Morgan fingerprint density at radius 1 is 1.52 bits per heavy atom. The van der Waals surface area contributed by atoms with Crippen LogP contribution in [-0.4, -0.2) is 34.2 Å². The fraction of sp³-hybridized carbons (Fsp3) is 0.467. The minimum atomic E-state index is -0.295. The highest BCUT2D eigenvalue weighted by molar-refractivity contribution is 5.90. The minimum Gasteiger partial charge on any atom is -0.379 e. The number of aromatic nitrogens is 2. The number of anilines is 1. The fourth-order valence-electron chi connectivity index (χ4n) is 2.74. The van der Waals surface area contributed by atoms with Crippen molar-refractivity contribution in [3.05, 3.63) is 30.2 Å². The van der Waals surface area contributed by atoms with E-state index in [2.05, 4.69) is 15.6 Å². The molecule has 6 nitrogen and oxygen atoms in total. The highest BCUT2D eigenvalue weighted by Gasteiger charge is 2.29. The van der Waals surface area contributed by atoms with Gasteiger partial charge in [0, 0.05) is 25.2 Å². The fourth-order valence-corrected chi connectivity index (χ4v) is 2.74. The molecule has 6 heteroatoms. The van der Waals surface area contributed by atoms with Crippen molar-refractivity contribution in [2.24, 2.45) is 0 Å². The minimum absolute atomic E-state index is 0.207. The van der Waals surface area contributed by atoms with Crippen molar-refractivity contribution in [2.75, 3.05) is 18.5 Å². The van der Waals surface area contributed by atoms with Gasteiger partial charge in [-0.3, -0.25) is 0 Å². The summed E-state index contributed by atoms with van der Waals surface area (Å²) in [4.78, 5) is 16.4. The van der Waals surface area contributed by atoms with Gasteiger partial charge in [-0.25, -0.2) is 9.78 Å². The Labute approximate surface area is 123 Å². The second-order valence-corrected chi connectivity index (χ2v) is 5.87. The van der Waals surface area contributed by atoms with Crippen molar-refractivity contribution in [1.82, 2.24) is 14.7 Å². The molecule has 112 valence electrons. The zero-order valence-corrected chi connectivity index (χ0v) is 12.3. The van der Waals surface area contributed by atoms with Crippen LogP contribution in [0.5, 0.6) is 0 Å². The first-order valence-corrected chi connectivity index (χ1v) is 7.16. The molecule has 2 amide bonds. The van der Waals surface area contributed by atoms with E-state index in [-0.39, 0.29) is 11.6 Å². The zero-order chi connectivity index (χ0) is 14.9. The second kappa shape index (κ2) is 5.37. The molecule has 3 heterocycles. The number of pyridine rings is 1. The Morgan fingerprint density at radius 2 is 2.38 bits per heavy atom. The maximum atomic E-state index is 12.2. The number of imidazole rings is 1. The number of amides is 2. The molecule has 2 aromatic heterocycles. The Balaban J connectivity index is 1.71. The zero-order valence-electron chi connectivity index (χ0n) is 12.3. The third kappa shape index (κ3) is 3.00.